The third kappa shape index (κ3) is 5.61. The highest BCUT2D eigenvalue weighted by Gasteiger charge is 2.30. The van der Waals surface area contributed by atoms with E-state index in [4.69, 9.17) is 9.47 Å². The Morgan fingerprint density at radius 1 is 0.964 bits per heavy atom. The Hall–Kier alpha value is -2.77. The van der Waals surface area contributed by atoms with E-state index < -0.39 is 30.8 Å². The Balaban J connectivity index is 2.17. The molecule has 0 heterocycles. The molecule has 0 atom stereocenters. The minimum absolute atomic E-state index is 0.258. The lowest BCUT2D eigenvalue weighted by Gasteiger charge is -2.21. The molecule has 0 saturated heterocycles. The SMILES string of the molecule is CCC(C)(C)C(=O)Oc1cccc2c(OCC(=O)OCC(F)(F)F)cccc12. The summed E-state index contributed by atoms with van der Waals surface area (Å²) in [7, 11) is 0. The maximum Gasteiger partial charge on any atom is 0.422 e. The lowest BCUT2D eigenvalue weighted by atomic mass is 9.90. The summed E-state index contributed by atoms with van der Waals surface area (Å²) in [6, 6.07) is 9.87. The Bertz CT molecular complexity index is 859. The van der Waals surface area contributed by atoms with Gasteiger partial charge in [0, 0.05) is 10.8 Å². The van der Waals surface area contributed by atoms with Crippen molar-refractivity contribution in [2.45, 2.75) is 33.4 Å². The molecule has 5 nitrogen and oxygen atoms in total. The van der Waals surface area contributed by atoms with E-state index in [-0.39, 0.29) is 11.7 Å². The molecule has 0 radical (unpaired) electrons. The van der Waals surface area contributed by atoms with Crippen molar-refractivity contribution in [2.24, 2.45) is 5.41 Å². The summed E-state index contributed by atoms with van der Waals surface area (Å²) in [6.45, 7) is 3.09. The van der Waals surface area contributed by atoms with E-state index >= 15 is 0 Å². The summed E-state index contributed by atoms with van der Waals surface area (Å²) in [5, 5.41) is 1.12. The summed E-state index contributed by atoms with van der Waals surface area (Å²) in [5.74, 6) is -0.936. The van der Waals surface area contributed by atoms with Gasteiger partial charge in [-0.2, -0.15) is 13.2 Å². The van der Waals surface area contributed by atoms with Gasteiger partial charge >= 0.3 is 18.1 Å². The molecule has 8 heteroatoms. The summed E-state index contributed by atoms with van der Waals surface area (Å²) >= 11 is 0. The van der Waals surface area contributed by atoms with Crippen molar-refractivity contribution in [1.82, 2.24) is 0 Å². The number of carbonyl (C=O) groups is 2. The maximum absolute atomic E-state index is 12.4. The zero-order valence-corrected chi connectivity index (χ0v) is 15.8. The molecule has 0 aromatic heterocycles. The average Bonchev–Trinajstić information content (AvgIpc) is 2.64. The van der Waals surface area contributed by atoms with Crippen LogP contribution < -0.4 is 9.47 Å². The second-order valence-electron chi connectivity index (χ2n) is 6.80. The average molecular weight is 398 g/mol. The molecule has 0 aliphatic heterocycles. The molecule has 0 bridgehead atoms. The first-order valence-corrected chi connectivity index (χ1v) is 8.62. The minimum atomic E-state index is -4.60. The number of carbonyl (C=O) groups excluding carboxylic acids is 2. The zero-order valence-electron chi connectivity index (χ0n) is 15.8. The monoisotopic (exact) mass is 398 g/mol. The van der Waals surface area contributed by atoms with Gasteiger partial charge in [0.25, 0.3) is 0 Å². The number of esters is 2. The van der Waals surface area contributed by atoms with Crippen molar-refractivity contribution in [3.05, 3.63) is 36.4 Å². The number of benzene rings is 2. The fraction of sp³-hybridized carbons (Fsp3) is 0.400. The van der Waals surface area contributed by atoms with E-state index in [9.17, 15) is 22.8 Å². The number of rotatable bonds is 7. The van der Waals surface area contributed by atoms with Crippen molar-refractivity contribution in [1.29, 1.82) is 0 Å². The standard InChI is InChI=1S/C20H21F3O5/c1-4-19(2,3)18(25)28-16-10-6-7-13-14(16)8-5-9-15(13)26-11-17(24)27-12-20(21,22)23/h5-10H,4,11-12H2,1-3H3. The van der Waals surface area contributed by atoms with E-state index in [2.05, 4.69) is 4.74 Å². The van der Waals surface area contributed by atoms with Gasteiger partial charge in [-0.05, 0) is 32.4 Å². The molecule has 0 fully saturated rings. The first kappa shape index (κ1) is 21.5. The van der Waals surface area contributed by atoms with Crippen molar-refractivity contribution in [3.63, 3.8) is 0 Å². The topological polar surface area (TPSA) is 61.8 Å². The van der Waals surface area contributed by atoms with Crippen molar-refractivity contribution >= 4 is 22.7 Å². The molecule has 152 valence electrons. The van der Waals surface area contributed by atoms with Gasteiger partial charge in [-0.3, -0.25) is 4.79 Å². The Morgan fingerprint density at radius 2 is 1.54 bits per heavy atom. The van der Waals surface area contributed by atoms with Crippen molar-refractivity contribution in [2.75, 3.05) is 13.2 Å². The van der Waals surface area contributed by atoms with Crippen LogP contribution in [0.5, 0.6) is 11.5 Å². The fourth-order valence-electron chi connectivity index (χ4n) is 2.19. The van der Waals surface area contributed by atoms with Crippen LogP contribution in [0.25, 0.3) is 10.8 Å². The fourth-order valence-corrected chi connectivity index (χ4v) is 2.19. The van der Waals surface area contributed by atoms with Crippen LogP contribution in [0, 0.1) is 5.41 Å². The molecule has 2 aromatic rings. The molecule has 0 saturated carbocycles. The van der Waals surface area contributed by atoms with Crippen LogP contribution >= 0.6 is 0 Å². The normalized spacial score (nSPS) is 11.9. The lowest BCUT2D eigenvalue weighted by molar-refractivity contribution is -0.187. The van der Waals surface area contributed by atoms with Gasteiger partial charge in [-0.15, -0.1) is 0 Å². The molecule has 0 spiro atoms. The molecule has 0 aliphatic carbocycles. The maximum atomic E-state index is 12.4. The molecule has 2 rings (SSSR count). The van der Waals surface area contributed by atoms with Crippen LogP contribution in [0.1, 0.15) is 27.2 Å². The third-order valence-electron chi connectivity index (χ3n) is 4.22. The first-order chi connectivity index (χ1) is 13.0. The lowest BCUT2D eigenvalue weighted by Crippen LogP contribution is -2.28. The molecule has 0 aliphatic rings. The van der Waals surface area contributed by atoms with E-state index in [1.54, 1.807) is 50.2 Å². The Labute approximate surface area is 160 Å². The highest BCUT2D eigenvalue weighted by Crippen LogP contribution is 2.34. The number of hydrogen-bond donors (Lipinski definition) is 0. The second-order valence-corrected chi connectivity index (χ2v) is 6.80. The quantitative estimate of drug-likeness (QED) is 0.501. The van der Waals surface area contributed by atoms with Gasteiger partial charge in [-0.1, -0.05) is 31.2 Å². The Morgan fingerprint density at radius 3 is 2.11 bits per heavy atom. The minimum Gasteiger partial charge on any atom is -0.481 e. The van der Waals surface area contributed by atoms with Crippen molar-refractivity contribution in [3.8, 4) is 11.5 Å². The summed E-state index contributed by atoms with van der Waals surface area (Å²) < 4.78 is 51.2. The Kier molecular flexibility index (Phi) is 6.53. The molecule has 0 N–H and O–H groups in total. The number of fused-ring (bicyclic) bond motifs is 1. The zero-order chi connectivity index (χ0) is 20.9. The number of hydrogen-bond acceptors (Lipinski definition) is 5. The van der Waals surface area contributed by atoms with Crippen LogP contribution in [0.4, 0.5) is 13.2 Å². The summed E-state index contributed by atoms with van der Waals surface area (Å²) in [5.41, 5.74) is -0.654. The van der Waals surface area contributed by atoms with Crippen LogP contribution in [0.3, 0.4) is 0 Å². The molecular formula is C20H21F3O5. The van der Waals surface area contributed by atoms with E-state index in [0.29, 0.717) is 22.9 Å². The van der Waals surface area contributed by atoms with E-state index in [1.807, 2.05) is 6.92 Å². The molecule has 28 heavy (non-hydrogen) atoms. The number of ether oxygens (including phenoxy) is 3. The van der Waals surface area contributed by atoms with Gasteiger partial charge in [0.2, 0.25) is 0 Å². The van der Waals surface area contributed by atoms with E-state index in [1.165, 1.54) is 0 Å². The number of alkyl halides is 3. The summed E-state index contributed by atoms with van der Waals surface area (Å²) in [4.78, 5) is 23.8. The van der Waals surface area contributed by atoms with Gasteiger partial charge < -0.3 is 14.2 Å². The largest absolute Gasteiger partial charge is 0.481 e. The second kappa shape index (κ2) is 8.50. The molecule has 0 unspecified atom stereocenters. The number of halogens is 3. The van der Waals surface area contributed by atoms with E-state index in [0.717, 1.165) is 0 Å². The van der Waals surface area contributed by atoms with Crippen LogP contribution in [-0.2, 0) is 14.3 Å². The van der Waals surface area contributed by atoms with Gasteiger partial charge in [0.1, 0.15) is 11.5 Å². The summed E-state index contributed by atoms with van der Waals surface area (Å²) in [6.07, 6.45) is -3.99. The highest BCUT2D eigenvalue weighted by molar-refractivity contribution is 5.95. The van der Waals surface area contributed by atoms with Crippen molar-refractivity contribution < 1.29 is 37.0 Å². The molecular weight excluding hydrogens is 377 g/mol. The van der Waals surface area contributed by atoms with Crippen LogP contribution in [0.2, 0.25) is 0 Å². The predicted molar refractivity (Wildman–Crippen MR) is 96.2 cm³/mol. The van der Waals surface area contributed by atoms with Crippen LogP contribution in [-0.4, -0.2) is 31.3 Å². The predicted octanol–water partition coefficient (Wildman–Crippen LogP) is 4.67. The van der Waals surface area contributed by atoms with Gasteiger partial charge in [0.05, 0.1) is 5.41 Å². The van der Waals surface area contributed by atoms with Crippen LogP contribution in [0.15, 0.2) is 36.4 Å². The van der Waals surface area contributed by atoms with Gasteiger partial charge in [-0.25, -0.2) is 4.79 Å². The third-order valence-corrected chi connectivity index (χ3v) is 4.22. The smallest absolute Gasteiger partial charge is 0.422 e. The highest BCUT2D eigenvalue weighted by atomic mass is 19.4. The molecule has 2 aromatic carbocycles. The molecule has 0 amide bonds. The van der Waals surface area contributed by atoms with Gasteiger partial charge in [0.15, 0.2) is 13.2 Å². The first-order valence-electron chi connectivity index (χ1n) is 8.62.